The van der Waals surface area contributed by atoms with Crippen molar-refractivity contribution in [2.45, 2.75) is 13.3 Å². The van der Waals surface area contributed by atoms with Crippen molar-refractivity contribution in [3.63, 3.8) is 0 Å². The maximum absolute atomic E-state index is 11.0. The number of carbonyl (C=O) groups excluding carboxylic acids is 1. The monoisotopic (exact) mass is 177 g/mol. The Balaban J connectivity index is 2.85. The fraction of sp³-hybridized carbons (Fsp3) is 0.200. The molecule has 0 fully saturated rings. The van der Waals surface area contributed by atoms with Gasteiger partial charge >= 0.3 is 0 Å². The summed E-state index contributed by atoms with van der Waals surface area (Å²) in [6.45, 7) is 1.75. The van der Waals surface area contributed by atoms with Crippen LogP contribution < -0.4 is 5.56 Å². The van der Waals surface area contributed by atoms with E-state index in [-0.39, 0.29) is 5.56 Å². The highest BCUT2D eigenvalue weighted by Crippen LogP contribution is 2.00. The number of hydrogen-bond acceptors (Lipinski definition) is 2. The zero-order chi connectivity index (χ0) is 9.68. The van der Waals surface area contributed by atoms with E-state index in [1.165, 1.54) is 0 Å². The van der Waals surface area contributed by atoms with Crippen LogP contribution in [0.5, 0.6) is 0 Å². The molecule has 0 spiro atoms. The third kappa shape index (κ3) is 2.71. The molecule has 0 aliphatic heterocycles. The molecule has 1 N–H and O–H groups in total. The van der Waals surface area contributed by atoms with E-state index in [9.17, 15) is 9.59 Å². The first-order chi connectivity index (χ1) is 6.24. The van der Waals surface area contributed by atoms with Gasteiger partial charge in [-0.25, -0.2) is 0 Å². The van der Waals surface area contributed by atoms with Crippen LogP contribution in [0.1, 0.15) is 17.5 Å². The number of aryl methyl sites for hydroxylation is 1. The zero-order valence-corrected chi connectivity index (χ0v) is 7.41. The maximum atomic E-state index is 11.0. The molecule has 0 unspecified atom stereocenters. The van der Waals surface area contributed by atoms with Gasteiger partial charge in [-0.15, -0.1) is 0 Å². The van der Waals surface area contributed by atoms with Gasteiger partial charge in [-0.2, -0.15) is 0 Å². The molecule has 1 aromatic heterocycles. The van der Waals surface area contributed by atoms with Crippen LogP contribution in [0, 0.1) is 6.92 Å². The van der Waals surface area contributed by atoms with Gasteiger partial charge in [0.15, 0.2) is 0 Å². The minimum Gasteiger partial charge on any atom is -0.328 e. The van der Waals surface area contributed by atoms with Crippen LogP contribution in [0.3, 0.4) is 0 Å². The summed E-state index contributed by atoms with van der Waals surface area (Å²) in [5.41, 5.74) is 1.50. The molecule has 0 bridgehead atoms. The van der Waals surface area contributed by atoms with E-state index < -0.39 is 0 Å². The minimum absolute atomic E-state index is 0.0764. The molecule has 3 nitrogen and oxygen atoms in total. The topological polar surface area (TPSA) is 49.9 Å². The van der Waals surface area contributed by atoms with E-state index in [1.807, 2.05) is 0 Å². The number of aldehydes is 1. The summed E-state index contributed by atoms with van der Waals surface area (Å²) < 4.78 is 0. The molecule has 0 aromatic carbocycles. The zero-order valence-electron chi connectivity index (χ0n) is 7.41. The van der Waals surface area contributed by atoms with Crippen molar-refractivity contribution < 1.29 is 4.79 Å². The minimum atomic E-state index is -0.0764. The lowest BCUT2D eigenvalue weighted by Crippen LogP contribution is -2.07. The first-order valence-corrected chi connectivity index (χ1v) is 4.03. The lowest BCUT2D eigenvalue weighted by atomic mass is 10.2. The largest absolute Gasteiger partial charge is 0.328 e. The van der Waals surface area contributed by atoms with Crippen molar-refractivity contribution in [1.82, 2.24) is 4.98 Å². The Labute approximate surface area is 76.1 Å². The highest BCUT2D eigenvalue weighted by atomic mass is 16.1. The molecule has 1 aromatic rings. The van der Waals surface area contributed by atoms with Gasteiger partial charge in [-0.1, -0.05) is 12.2 Å². The molecule has 0 aliphatic carbocycles. The number of aromatic nitrogens is 1. The number of hydrogen-bond donors (Lipinski definition) is 1. The molecule has 1 rings (SSSR count). The van der Waals surface area contributed by atoms with E-state index in [0.29, 0.717) is 12.0 Å². The molecular weight excluding hydrogens is 166 g/mol. The Morgan fingerprint density at radius 3 is 2.92 bits per heavy atom. The van der Waals surface area contributed by atoms with Crippen LogP contribution in [0.2, 0.25) is 0 Å². The van der Waals surface area contributed by atoms with E-state index in [4.69, 9.17) is 0 Å². The number of carbonyl (C=O) groups is 1. The number of nitrogens with one attached hydrogen (secondary N) is 1. The summed E-state index contributed by atoms with van der Waals surface area (Å²) in [6.07, 6.45) is 6.40. The fourth-order valence-electron chi connectivity index (χ4n) is 0.976. The van der Waals surface area contributed by atoms with E-state index >= 15 is 0 Å². The average Bonchev–Trinajstić information content (AvgIpc) is 2.12. The molecule has 0 radical (unpaired) electrons. The summed E-state index contributed by atoms with van der Waals surface area (Å²) >= 11 is 0. The highest BCUT2D eigenvalue weighted by molar-refractivity contribution is 5.57. The number of allylic oxidation sites excluding steroid dienone is 1. The molecular formula is C10H11NO2. The Morgan fingerprint density at radius 1 is 1.54 bits per heavy atom. The fourth-order valence-corrected chi connectivity index (χ4v) is 0.976. The van der Waals surface area contributed by atoms with E-state index in [2.05, 4.69) is 4.98 Å². The van der Waals surface area contributed by atoms with Crippen LogP contribution in [0.15, 0.2) is 23.1 Å². The molecule has 0 saturated carbocycles. The molecule has 0 saturated heterocycles. The van der Waals surface area contributed by atoms with Crippen LogP contribution in [-0.4, -0.2) is 11.3 Å². The van der Waals surface area contributed by atoms with E-state index in [1.54, 1.807) is 31.3 Å². The molecule has 13 heavy (non-hydrogen) atoms. The predicted octanol–water partition coefficient (Wildman–Crippen LogP) is 1.29. The van der Waals surface area contributed by atoms with Gasteiger partial charge in [-0.05, 0) is 18.6 Å². The summed E-state index contributed by atoms with van der Waals surface area (Å²) in [7, 11) is 0. The molecule has 1 heterocycles. The summed E-state index contributed by atoms with van der Waals surface area (Å²) in [6, 6.07) is 1.78. The van der Waals surface area contributed by atoms with Crippen molar-refractivity contribution in [3.8, 4) is 0 Å². The van der Waals surface area contributed by atoms with Gasteiger partial charge in [0.1, 0.15) is 6.29 Å². The van der Waals surface area contributed by atoms with Gasteiger partial charge in [0, 0.05) is 18.2 Å². The number of aromatic amines is 1. The van der Waals surface area contributed by atoms with Crippen LogP contribution >= 0.6 is 0 Å². The van der Waals surface area contributed by atoms with Crippen molar-refractivity contribution >= 4 is 12.4 Å². The Bertz CT molecular complexity index is 377. The Morgan fingerprint density at radius 2 is 2.31 bits per heavy atom. The van der Waals surface area contributed by atoms with Gasteiger partial charge in [0.25, 0.3) is 5.56 Å². The molecule has 0 atom stereocenters. The normalized spacial score (nSPS) is 10.5. The first kappa shape index (κ1) is 9.45. The van der Waals surface area contributed by atoms with Gasteiger partial charge in [0.2, 0.25) is 0 Å². The number of H-pyrrole nitrogens is 1. The Kier molecular flexibility index (Phi) is 3.20. The SMILES string of the molecule is Cc1cc(C=CCC=O)c[nH]c1=O. The second-order valence-electron chi connectivity index (χ2n) is 2.75. The standard InChI is InChI=1S/C10H11NO2/c1-8-6-9(4-2-3-5-12)7-11-10(8)13/h2,4-7H,3H2,1H3,(H,11,13). The molecule has 3 heteroatoms. The third-order valence-electron chi connectivity index (χ3n) is 1.65. The van der Waals surface area contributed by atoms with E-state index in [0.717, 1.165) is 11.8 Å². The smallest absolute Gasteiger partial charge is 0.250 e. The van der Waals surface area contributed by atoms with Gasteiger partial charge in [-0.3, -0.25) is 4.79 Å². The molecule has 0 amide bonds. The second kappa shape index (κ2) is 4.40. The number of pyridine rings is 1. The number of rotatable bonds is 3. The Hall–Kier alpha value is -1.64. The van der Waals surface area contributed by atoms with Crippen molar-refractivity contribution in [1.29, 1.82) is 0 Å². The van der Waals surface area contributed by atoms with Crippen LogP contribution in [-0.2, 0) is 4.79 Å². The van der Waals surface area contributed by atoms with Crippen molar-refractivity contribution in [2.24, 2.45) is 0 Å². The highest BCUT2D eigenvalue weighted by Gasteiger charge is 1.92. The molecule has 0 aliphatic rings. The van der Waals surface area contributed by atoms with Crippen LogP contribution in [0.25, 0.3) is 6.08 Å². The average molecular weight is 177 g/mol. The second-order valence-corrected chi connectivity index (χ2v) is 2.75. The summed E-state index contributed by atoms with van der Waals surface area (Å²) in [5, 5.41) is 0. The van der Waals surface area contributed by atoms with Crippen molar-refractivity contribution in [2.75, 3.05) is 0 Å². The maximum Gasteiger partial charge on any atom is 0.250 e. The lowest BCUT2D eigenvalue weighted by Gasteiger charge is -1.93. The lowest BCUT2D eigenvalue weighted by molar-refractivity contribution is -0.107. The van der Waals surface area contributed by atoms with Gasteiger partial charge in [0.05, 0.1) is 0 Å². The first-order valence-electron chi connectivity index (χ1n) is 4.03. The third-order valence-corrected chi connectivity index (χ3v) is 1.65. The summed E-state index contributed by atoms with van der Waals surface area (Å²) in [4.78, 5) is 23.6. The molecule has 68 valence electrons. The van der Waals surface area contributed by atoms with Crippen molar-refractivity contribution in [3.05, 3.63) is 39.8 Å². The van der Waals surface area contributed by atoms with Crippen LogP contribution in [0.4, 0.5) is 0 Å². The predicted molar refractivity (Wildman–Crippen MR) is 51.5 cm³/mol. The summed E-state index contributed by atoms with van der Waals surface area (Å²) in [5.74, 6) is 0. The van der Waals surface area contributed by atoms with Gasteiger partial charge < -0.3 is 9.78 Å². The quantitative estimate of drug-likeness (QED) is 0.707.